The van der Waals surface area contributed by atoms with E-state index in [0.717, 1.165) is 44.5 Å². The molecule has 0 spiro atoms. The highest BCUT2D eigenvalue weighted by atomic mass is 15.0. The minimum absolute atomic E-state index is 0.0146. The van der Waals surface area contributed by atoms with Gasteiger partial charge in [0.25, 0.3) is 0 Å². The molecule has 0 aliphatic heterocycles. The van der Waals surface area contributed by atoms with Gasteiger partial charge >= 0.3 is 0 Å². The van der Waals surface area contributed by atoms with Gasteiger partial charge in [0.15, 0.2) is 11.9 Å². The first-order chi connectivity index (χ1) is 22.1. The smallest absolute Gasteiger partial charge is 0.186 e. The summed E-state index contributed by atoms with van der Waals surface area (Å²) in [5.74, 6) is 25.5. The standard InChI is InChI=1S/C36H36N10/c1-25(37)43-14-4-8-27-18-29(10-6-16-45-35(39)40)22-33(20-27)31-12-3-13-32(24-31)34-21-28(9-5-15-44-26(2)38)19-30(23-34)11-7-17-46-36(41)42/h3,12-13,18-24H,14-17H2,1-2H3,(H2,37,43)(H2,38,44)(H4,39,40,45)(H4,41,42,46). The number of hydrogen-bond acceptors (Lipinski definition) is 4. The Kier molecular flexibility index (Phi) is 12.9. The summed E-state index contributed by atoms with van der Waals surface area (Å²) in [4.78, 5) is 16.2. The maximum Gasteiger partial charge on any atom is 0.186 e. The maximum absolute atomic E-state index is 5.65. The maximum atomic E-state index is 5.65. The summed E-state index contributed by atoms with van der Waals surface area (Å²) in [6.07, 6.45) is 0. The summed E-state index contributed by atoms with van der Waals surface area (Å²) in [5.41, 5.74) is 39.9. The second-order valence-corrected chi connectivity index (χ2v) is 9.78. The fourth-order valence-electron chi connectivity index (χ4n) is 3.91. The molecule has 12 N–H and O–H groups in total. The van der Waals surface area contributed by atoms with Crippen LogP contribution in [0, 0.1) is 47.4 Å². The molecule has 3 aromatic carbocycles. The van der Waals surface area contributed by atoms with Gasteiger partial charge in [0.1, 0.15) is 26.2 Å². The Morgan fingerprint density at radius 1 is 0.457 bits per heavy atom. The Hall–Kier alpha value is -6.62. The molecular formula is C36H36N10. The molecule has 0 aliphatic carbocycles. The second-order valence-electron chi connectivity index (χ2n) is 9.78. The van der Waals surface area contributed by atoms with E-state index in [4.69, 9.17) is 34.4 Å². The van der Waals surface area contributed by atoms with Crippen molar-refractivity contribution in [1.29, 1.82) is 0 Å². The first-order valence-electron chi connectivity index (χ1n) is 14.1. The number of aliphatic imine (C=N–C) groups is 4. The fraction of sp³-hybridized carbons (Fsp3) is 0.167. The minimum atomic E-state index is -0.0146. The molecule has 0 bridgehead atoms. The molecule has 3 rings (SSSR count). The van der Waals surface area contributed by atoms with E-state index in [2.05, 4.69) is 73.4 Å². The van der Waals surface area contributed by atoms with Gasteiger partial charge < -0.3 is 34.4 Å². The molecule has 3 aromatic rings. The lowest BCUT2D eigenvalue weighted by molar-refractivity contribution is 1.24. The molecule has 0 fully saturated rings. The van der Waals surface area contributed by atoms with Crippen LogP contribution < -0.4 is 34.4 Å². The zero-order chi connectivity index (χ0) is 33.3. The summed E-state index contributed by atoms with van der Waals surface area (Å²) in [6, 6.07) is 20.0. The molecule has 0 atom stereocenters. The topological polar surface area (TPSA) is 206 Å². The van der Waals surface area contributed by atoms with Crippen molar-refractivity contribution in [2.24, 2.45) is 54.4 Å². The monoisotopic (exact) mass is 608 g/mol. The third-order valence-corrected chi connectivity index (χ3v) is 5.82. The number of amidine groups is 2. The number of nitrogens with zero attached hydrogens (tertiary/aromatic N) is 4. The van der Waals surface area contributed by atoms with Crippen LogP contribution in [0.4, 0.5) is 0 Å². The number of nitrogens with two attached hydrogens (primary N) is 6. The Balaban J connectivity index is 2.09. The highest BCUT2D eigenvalue weighted by Gasteiger charge is 2.07. The zero-order valence-corrected chi connectivity index (χ0v) is 25.9. The predicted octanol–water partition coefficient (Wildman–Crippen LogP) is 1.73. The van der Waals surface area contributed by atoms with E-state index in [0.29, 0.717) is 24.8 Å². The lowest BCUT2D eigenvalue weighted by Crippen LogP contribution is -2.22. The minimum Gasteiger partial charge on any atom is -0.388 e. The van der Waals surface area contributed by atoms with Crippen molar-refractivity contribution >= 4 is 23.6 Å². The highest BCUT2D eigenvalue weighted by Crippen LogP contribution is 2.29. The molecule has 0 saturated carbocycles. The van der Waals surface area contributed by atoms with E-state index in [1.54, 1.807) is 13.8 Å². The molecule has 230 valence electrons. The SMILES string of the molecule is CC(N)=NCC#Cc1cc(C#CCN=C(N)N)cc(-c2cccc(-c3cc(C#CCN=C(C)N)cc(C#CCN=C(N)N)c3)c2)c1. The van der Waals surface area contributed by atoms with Crippen LogP contribution >= 0.6 is 0 Å². The first kappa shape index (κ1) is 33.9. The number of benzene rings is 3. The van der Waals surface area contributed by atoms with Crippen molar-refractivity contribution in [3.63, 3.8) is 0 Å². The molecule has 0 radical (unpaired) electrons. The van der Waals surface area contributed by atoms with Gasteiger partial charge in [-0.25, -0.2) is 9.98 Å². The van der Waals surface area contributed by atoms with Crippen molar-refractivity contribution in [2.75, 3.05) is 26.2 Å². The van der Waals surface area contributed by atoms with Crippen molar-refractivity contribution in [1.82, 2.24) is 0 Å². The second kappa shape index (κ2) is 17.5. The van der Waals surface area contributed by atoms with E-state index in [9.17, 15) is 0 Å². The number of guanidine groups is 2. The summed E-state index contributed by atoms with van der Waals surface area (Å²) in [6.45, 7) is 4.40. The first-order valence-corrected chi connectivity index (χ1v) is 14.1. The molecule has 0 heterocycles. The van der Waals surface area contributed by atoms with Gasteiger partial charge in [0.2, 0.25) is 0 Å². The van der Waals surface area contributed by atoms with Gasteiger partial charge in [-0.3, -0.25) is 9.98 Å². The van der Waals surface area contributed by atoms with Crippen LogP contribution in [0.3, 0.4) is 0 Å². The number of hydrogen-bond donors (Lipinski definition) is 6. The van der Waals surface area contributed by atoms with Gasteiger partial charge in [0, 0.05) is 22.3 Å². The van der Waals surface area contributed by atoms with Crippen molar-refractivity contribution in [3.8, 4) is 69.6 Å². The van der Waals surface area contributed by atoms with Crippen molar-refractivity contribution in [3.05, 3.63) is 82.9 Å². The molecule has 0 aliphatic rings. The van der Waals surface area contributed by atoms with E-state index in [1.165, 1.54) is 0 Å². The molecular weight excluding hydrogens is 572 g/mol. The van der Waals surface area contributed by atoms with Crippen LogP contribution in [0.25, 0.3) is 22.3 Å². The fourth-order valence-corrected chi connectivity index (χ4v) is 3.91. The van der Waals surface area contributed by atoms with Crippen LogP contribution in [-0.4, -0.2) is 49.8 Å². The van der Waals surface area contributed by atoms with Gasteiger partial charge in [-0.2, -0.15) is 0 Å². The molecule has 0 unspecified atom stereocenters. The van der Waals surface area contributed by atoms with Gasteiger partial charge in [-0.05, 0) is 78.6 Å². The van der Waals surface area contributed by atoms with E-state index in [1.807, 2.05) is 54.6 Å². The lowest BCUT2D eigenvalue weighted by atomic mass is 9.95. The molecule has 0 aromatic heterocycles. The molecule has 10 heteroatoms. The van der Waals surface area contributed by atoms with Crippen LogP contribution in [0.5, 0.6) is 0 Å². The van der Waals surface area contributed by atoms with Crippen LogP contribution in [0.2, 0.25) is 0 Å². The van der Waals surface area contributed by atoms with Gasteiger partial charge in [-0.15, -0.1) is 0 Å². The Morgan fingerprint density at radius 3 is 1.09 bits per heavy atom. The number of rotatable bonds is 6. The largest absolute Gasteiger partial charge is 0.388 e. The summed E-state index contributed by atoms with van der Waals surface area (Å²) in [7, 11) is 0. The quantitative estimate of drug-likeness (QED) is 0.139. The third-order valence-electron chi connectivity index (χ3n) is 5.82. The summed E-state index contributed by atoms with van der Waals surface area (Å²) >= 11 is 0. The van der Waals surface area contributed by atoms with E-state index >= 15 is 0 Å². The average molecular weight is 609 g/mol. The Morgan fingerprint density at radius 2 is 0.783 bits per heavy atom. The van der Waals surface area contributed by atoms with Crippen LogP contribution in [-0.2, 0) is 0 Å². The van der Waals surface area contributed by atoms with Crippen molar-refractivity contribution in [2.45, 2.75) is 13.8 Å². The Labute approximate surface area is 270 Å². The van der Waals surface area contributed by atoms with Gasteiger partial charge in [0.05, 0.1) is 11.7 Å². The Bertz CT molecular complexity index is 1690. The van der Waals surface area contributed by atoms with Crippen LogP contribution in [0.1, 0.15) is 36.1 Å². The average Bonchev–Trinajstić information content (AvgIpc) is 3.01. The zero-order valence-electron chi connectivity index (χ0n) is 25.9. The summed E-state index contributed by atoms with van der Waals surface area (Å²) in [5, 5.41) is 0. The molecule has 46 heavy (non-hydrogen) atoms. The molecule has 0 saturated heterocycles. The van der Waals surface area contributed by atoms with Gasteiger partial charge in [-0.1, -0.05) is 65.6 Å². The van der Waals surface area contributed by atoms with E-state index < -0.39 is 0 Å². The highest BCUT2D eigenvalue weighted by molar-refractivity contribution is 5.79. The predicted molar refractivity (Wildman–Crippen MR) is 191 cm³/mol. The van der Waals surface area contributed by atoms with Crippen LogP contribution in [0.15, 0.2) is 80.6 Å². The lowest BCUT2D eigenvalue weighted by Gasteiger charge is -2.09. The summed E-state index contributed by atoms with van der Waals surface area (Å²) < 4.78 is 0. The van der Waals surface area contributed by atoms with Crippen molar-refractivity contribution < 1.29 is 0 Å². The molecule has 10 nitrogen and oxygen atoms in total. The van der Waals surface area contributed by atoms with E-state index in [-0.39, 0.29) is 25.0 Å². The third kappa shape index (κ3) is 12.3. The normalized spacial score (nSPS) is 10.4. The molecule has 0 amide bonds.